The molecule has 0 saturated carbocycles. The molecule has 0 spiro atoms. The molecule has 2 N–H and O–H groups in total. The van der Waals surface area contributed by atoms with E-state index in [4.69, 9.17) is 5.73 Å². The SMILES string of the molecule is CC(C)C1=CC(C(C)N)=CCN1C. The van der Waals surface area contributed by atoms with E-state index in [2.05, 4.69) is 37.9 Å². The Labute approximate surface area is 81.1 Å². The normalized spacial score (nSPS) is 20.0. The van der Waals surface area contributed by atoms with E-state index in [1.54, 1.807) is 0 Å². The fraction of sp³-hybridized carbons (Fsp3) is 0.636. The molecule has 0 saturated heterocycles. The molecule has 0 amide bonds. The Kier molecular flexibility index (Phi) is 3.15. The van der Waals surface area contributed by atoms with Crippen molar-refractivity contribution in [2.24, 2.45) is 11.7 Å². The fourth-order valence-corrected chi connectivity index (χ4v) is 1.61. The van der Waals surface area contributed by atoms with E-state index in [1.165, 1.54) is 11.3 Å². The van der Waals surface area contributed by atoms with Gasteiger partial charge in [0.25, 0.3) is 0 Å². The van der Waals surface area contributed by atoms with Gasteiger partial charge in [0.05, 0.1) is 0 Å². The second kappa shape index (κ2) is 3.97. The van der Waals surface area contributed by atoms with Crippen molar-refractivity contribution in [2.75, 3.05) is 13.6 Å². The smallest absolute Gasteiger partial charge is 0.0359 e. The van der Waals surface area contributed by atoms with Gasteiger partial charge in [-0.15, -0.1) is 0 Å². The third kappa shape index (κ3) is 2.34. The van der Waals surface area contributed by atoms with Crippen LogP contribution in [0.3, 0.4) is 0 Å². The molecule has 0 aromatic rings. The van der Waals surface area contributed by atoms with E-state index in [0.29, 0.717) is 5.92 Å². The Hall–Kier alpha value is -0.760. The minimum absolute atomic E-state index is 0.155. The van der Waals surface area contributed by atoms with E-state index in [1.807, 2.05) is 6.92 Å². The van der Waals surface area contributed by atoms with Gasteiger partial charge in [-0.2, -0.15) is 0 Å². The summed E-state index contributed by atoms with van der Waals surface area (Å²) in [5, 5.41) is 0. The van der Waals surface area contributed by atoms with E-state index >= 15 is 0 Å². The maximum Gasteiger partial charge on any atom is 0.0359 e. The van der Waals surface area contributed by atoms with Crippen LogP contribution >= 0.6 is 0 Å². The average Bonchev–Trinajstić information content (AvgIpc) is 2.04. The minimum atomic E-state index is 0.155. The van der Waals surface area contributed by atoms with Crippen LogP contribution in [0.2, 0.25) is 0 Å². The van der Waals surface area contributed by atoms with Crippen LogP contribution in [-0.2, 0) is 0 Å². The van der Waals surface area contributed by atoms with Gasteiger partial charge in [0, 0.05) is 25.3 Å². The Bertz CT molecular complexity index is 236. The summed E-state index contributed by atoms with van der Waals surface area (Å²) in [6.45, 7) is 7.45. The van der Waals surface area contributed by atoms with E-state index in [9.17, 15) is 0 Å². The number of nitrogens with two attached hydrogens (primary N) is 1. The van der Waals surface area contributed by atoms with Crippen LogP contribution in [0.5, 0.6) is 0 Å². The standard InChI is InChI=1S/C11H20N2/c1-8(2)11-7-10(9(3)12)5-6-13(11)4/h5,7-9H,6,12H2,1-4H3. The van der Waals surface area contributed by atoms with Crippen LogP contribution in [0.25, 0.3) is 0 Å². The van der Waals surface area contributed by atoms with Gasteiger partial charge in [0.15, 0.2) is 0 Å². The summed E-state index contributed by atoms with van der Waals surface area (Å²) in [6.07, 6.45) is 4.43. The van der Waals surface area contributed by atoms with Crippen LogP contribution < -0.4 is 5.73 Å². The van der Waals surface area contributed by atoms with Crippen molar-refractivity contribution in [2.45, 2.75) is 26.8 Å². The molecule has 13 heavy (non-hydrogen) atoms. The molecule has 0 aromatic heterocycles. The molecule has 0 radical (unpaired) electrons. The molecule has 1 unspecified atom stereocenters. The largest absolute Gasteiger partial charge is 0.374 e. The molecule has 1 heterocycles. The minimum Gasteiger partial charge on any atom is -0.374 e. The van der Waals surface area contributed by atoms with E-state index in [0.717, 1.165) is 6.54 Å². The lowest BCUT2D eigenvalue weighted by molar-refractivity contribution is 0.402. The average molecular weight is 180 g/mol. The van der Waals surface area contributed by atoms with E-state index in [-0.39, 0.29) is 6.04 Å². The Morgan fingerprint density at radius 2 is 2.00 bits per heavy atom. The first-order chi connectivity index (χ1) is 6.02. The Balaban J connectivity index is 2.85. The van der Waals surface area contributed by atoms with Gasteiger partial charge >= 0.3 is 0 Å². The highest BCUT2D eigenvalue weighted by molar-refractivity contribution is 5.31. The maximum absolute atomic E-state index is 5.84. The van der Waals surface area contributed by atoms with Crippen molar-refractivity contribution in [3.63, 3.8) is 0 Å². The van der Waals surface area contributed by atoms with Crippen molar-refractivity contribution >= 4 is 0 Å². The summed E-state index contributed by atoms with van der Waals surface area (Å²) in [6, 6.07) is 0.155. The maximum atomic E-state index is 5.84. The molecular formula is C11H20N2. The van der Waals surface area contributed by atoms with Crippen LogP contribution in [-0.4, -0.2) is 24.5 Å². The third-order valence-corrected chi connectivity index (χ3v) is 2.47. The second-order valence-electron chi connectivity index (χ2n) is 4.10. The number of rotatable bonds is 2. The van der Waals surface area contributed by atoms with Gasteiger partial charge in [-0.1, -0.05) is 19.9 Å². The van der Waals surface area contributed by atoms with Crippen molar-refractivity contribution in [1.82, 2.24) is 4.90 Å². The number of hydrogen-bond acceptors (Lipinski definition) is 2. The zero-order valence-corrected chi connectivity index (χ0v) is 9.04. The molecule has 2 nitrogen and oxygen atoms in total. The predicted octanol–water partition coefficient (Wildman–Crippen LogP) is 1.75. The molecule has 0 fully saturated rings. The lowest BCUT2D eigenvalue weighted by atomic mass is 9.99. The summed E-state index contributed by atoms with van der Waals surface area (Å²) in [4.78, 5) is 2.27. The fourth-order valence-electron chi connectivity index (χ4n) is 1.61. The highest BCUT2D eigenvalue weighted by atomic mass is 15.1. The van der Waals surface area contributed by atoms with E-state index < -0.39 is 0 Å². The number of likely N-dealkylation sites (N-methyl/N-ethyl adjacent to an activating group) is 1. The summed E-state index contributed by atoms with van der Waals surface area (Å²) < 4.78 is 0. The number of allylic oxidation sites excluding steroid dienone is 1. The van der Waals surface area contributed by atoms with Gasteiger partial charge in [0.2, 0.25) is 0 Å². The highest BCUT2D eigenvalue weighted by Gasteiger charge is 2.14. The number of nitrogens with zero attached hydrogens (tertiary/aromatic N) is 1. The van der Waals surface area contributed by atoms with Crippen LogP contribution in [0, 0.1) is 5.92 Å². The molecule has 74 valence electrons. The monoisotopic (exact) mass is 180 g/mol. The van der Waals surface area contributed by atoms with Crippen molar-refractivity contribution < 1.29 is 0 Å². The third-order valence-electron chi connectivity index (χ3n) is 2.47. The van der Waals surface area contributed by atoms with Gasteiger partial charge in [-0.3, -0.25) is 0 Å². The molecule has 0 aromatic carbocycles. The molecule has 1 atom stereocenters. The summed E-state index contributed by atoms with van der Waals surface area (Å²) in [5.41, 5.74) is 8.49. The Morgan fingerprint density at radius 1 is 1.38 bits per heavy atom. The van der Waals surface area contributed by atoms with Crippen molar-refractivity contribution in [3.8, 4) is 0 Å². The topological polar surface area (TPSA) is 29.3 Å². The predicted molar refractivity (Wildman–Crippen MR) is 57.3 cm³/mol. The van der Waals surface area contributed by atoms with Gasteiger partial charge in [-0.05, 0) is 24.5 Å². The van der Waals surface area contributed by atoms with Crippen molar-refractivity contribution in [1.29, 1.82) is 0 Å². The molecule has 0 aliphatic carbocycles. The van der Waals surface area contributed by atoms with Crippen LogP contribution in [0.1, 0.15) is 20.8 Å². The molecule has 1 aliphatic rings. The molecule has 1 rings (SSSR count). The highest BCUT2D eigenvalue weighted by Crippen LogP contribution is 2.21. The van der Waals surface area contributed by atoms with Crippen LogP contribution in [0.15, 0.2) is 23.4 Å². The number of hydrogen-bond donors (Lipinski definition) is 1. The lowest BCUT2D eigenvalue weighted by Gasteiger charge is -2.29. The zero-order valence-electron chi connectivity index (χ0n) is 9.04. The first-order valence-corrected chi connectivity index (χ1v) is 4.90. The molecule has 2 heteroatoms. The van der Waals surface area contributed by atoms with Gasteiger partial charge in [0.1, 0.15) is 0 Å². The van der Waals surface area contributed by atoms with Crippen molar-refractivity contribution in [3.05, 3.63) is 23.4 Å². The van der Waals surface area contributed by atoms with Gasteiger partial charge in [-0.25, -0.2) is 0 Å². The summed E-state index contributed by atoms with van der Waals surface area (Å²) in [5.74, 6) is 0.576. The summed E-state index contributed by atoms with van der Waals surface area (Å²) in [7, 11) is 2.13. The summed E-state index contributed by atoms with van der Waals surface area (Å²) >= 11 is 0. The van der Waals surface area contributed by atoms with Gasteiger partial charge < -0.3 is 10.6 Å². The zero-order chi connectivity index (χ0) is 10.0. The molecule has 0 bridgehead atoms. The first-order valence-electron chi connectivity index (χ1n) is 4.90. The second-order valence-corrected chi connectivity index (χ2v) is 4.10. The Morgan fingerprint density at radius 3 is 2.46 bits per heavy atom. The molecular weight excluding hydrogens is 160 g/mol. The lowest BCUT2D eigenvalue weighted by Crippen LogP contribution is -2.28. The molecule has 1 aliphatic heterocycles. The van der Waals surface area contributed by atoms with Crippen LogP contribution in [0.4, 0.5) is 0 Å². The quantitative estimate of drug-likeness (QED) is 0.701. The first kappa shape index (κ1) is 10.3.